The average molecular weight is 377 g/mol. The first-order valence-electron chi connectivity index (χ1n) is 6.11. The minimum Gasteiger partial charge on any atom is -0.352 e. The van der Waals surface area contributed by atoms with E-state index in [1.54, 1.807) is 0 Å². The van der Waals surface area contributed by atoms with E-state index in [1.807, 2.05) is 24.3 Å². The van der Waals surface area contributed by atoms with Gasteiger partial charge in [0.15, 0.2) is 0 Å². The standard InChI is InChI=1S/C14H19Br2NO/c1-10(2)7-13(9-15)17-14(18)8-11-3-5-12(16)6-4-11/h3-6,10,13H,7-9H2,1-2H3,(H,17,18). The van der Waals surface area contributed by atoms with Crippen molar-refractivity contribution < 1.29 is 4.79 Å². The van der Waals surface area contributed by atoms with Crippen LogP contribution >= 0.6 is 31.9 Å². The molecule has 2 nitrogen and oxygen atoms in total. The van der Waals surface area contributed by atoms with Gasteiger partial charge in [-0.05, 0) is 30.0 Å². The Balaban J connectivity index is 2.47. The summed E-state index contributed by atoms with van der Waals surface area (Å²) in [5, 5.41) is 3.87. The molecule has 1 aromatic rings. The summed E-state index contributed by atoms with van der Waals surface area (Å²) in [4.78, 5) is 11.9. The fourth-order valence-corrected chi connectivity index (χ4v) is 2.49. The van der Waals surface area contributed by atoms with Gasteiger partial charge >= 0.3 is 0 Å². The SMILES string of the molecule is CC(C)CC(CBr)NC(=O)Cc1ccc(Br)cc1. The third-order valence-corrected chi connectivity index (χ3v) is 3.90. The second-order valence-corrected chi connectivity index (χ2v) is 6.41. The van der Waals surface area contributed by atoms with E-state index in [2.05, 4.69) is 51.0 Å². The van der Waals surface area contributed by atoms with Gasteiger partial charge in [-0.2, -0.15) is 0 Å². The van der Waals surface area contributed by atoms with Crippen LogP contribution in [-0.2, 0) is 11.2 Å². The molecular formula is C14H19Br2NO. The predicted octanol–water partition coefficient (Wildman–Crippen LogP) is 3.92. The number of benzene rings is 1. The molecule has 0 fully saturated rings. The number of rotatable bonds is 6. The Morgan fingerprint density at radius 2 is 1.89 bits per heavy atom. The Morgan fingerprint density at radius 1 is 1.28 bits per heavy atom. The second kappa shape index (κ2) is 7.95. The van der Waals surface area contributed by atoms with Crippen molar-refractivity contribution in [1.82, 2.24) is 5.32 Å². The Hall–Kier alpha value is -0.350. The lowest BCUT2D eigenvalue weighted by molar-refractivity contribution is -0.121. The number of alkyl halides is 1. The maximum Gasteiger partial charge on any atom is 0.224 e. The molecule has 1 atom stereocenters. The van der Waals surface area contributed by atoms with Crippen LogP contribution in [-0.4, -0.2) is 17.3 Å². The minimum absolute atomic E-state index is 0.0856. The van der Waals surface area contributed by atoms with Crippen molar-refractivity contribution in [2.24, 2.45) is 5.92 Å². The quantitative estimate of drug-likeness (QED) is 0.749. The van der Waals surface area contributed by atoms with Gasteiger partial charge < -0.3 is 5.32 Å². The fourth-order valence-electron chi connectivity index (χ4n) is 1.80. The van der Waals surface area contributed by atoms with Crippen LogP contribution in [0.5, 0.6) is 0 Å². The van der Waals surface area contributed by atoms with Gasteiger partial charge in [-0.15, -0.1) is 0 Å². The van der Waals surface area contributed by atoms with Crippen molar-refractivity contribution in [1.29, 1.82) is 0 Å². The molecule has 0 aliphatic rings. The lowest BCUT2D eigenvalue weighted by Crippen LogP contribution is -2.37. The lowest BCUT2D eigenvalue weighted by atomic mass is 10.0. The van der Waals surface area contributed by atoms with E-state index in [9.17, 15) is 4.79 Å². The molecule has 0 aromatic heterocycles. The maximum absolute atomic E-state index is 11.9. The van der Waals surface area contributed by atoms with E-state index in [0.29, 0.717) is 12.3 Å². The molecule has 1 unspecified atom stereocenters. The summed E-state index contributed by atoms with van der Waals surface area (Å²) in [5.41, 5.74) is 1.04. The zero-order valence-electron chi connectivity index (χ0n) is 10.7. The third kappa shape index (κ3) is 6.01. The van der Waals surface area contributed by atoms with Crippen molar-refractivity contribution in [2.45, 2.75) is 32.7 Å². The molecule has 4 heteroatoms. The summed E-state index contributed by atoms with van der Waals surface area (Å²) in [7, 11) is 0. The van der Waals surface area contributed by atoms with Gasteiger partial charge in [-0.1, -0.05) is 57.8 Å². The van der Waals surface area contributed by atoms with Gasteiger partial charge in [-0.25, -0.2) is 0 Å². The van der Waals surface area contributed by atoms with Crippen LogP contribution < -0.4 is 5.32 Å². The summed E-state index contributed by atoms with van der Waals surface area (Å²) in [6.07, 6.45) is 1.44. The highest BCUT2D eigenvalue weighted by Gasteiger charge is 2.12. The molecular weight excluding hydrogens is 358 g/mol. The number of nitrogens with one attached hydrogen (secondary N) is 1. The Labute approximate surface area is 126 Å². The van der Waals surface area contributed by atoms with Crippen LogP contribution in [0.25, 0.3) is 0 Å². The molecule has 18 heavy (non-hydrogen) atoms. The molecule has 0 bridgehead atoms. The van der Waals surface area contributed by atoms with E-state index in [4.69, 9.17) is 0 Å². The topological polar surface area (TPSA) is 29.1 Å². The van der Waals surface area contributed by atoms with Crippen LogP contribution in [0.15, 0.2) is 28.7 Å². The van der Waals surface area contributed by atoms with Gasteiger partial charge in [0.2, 0.25) is 5.91 Å². The molecule has 0 aliphatic carbocycles. The summed E-state index contributed by atoms with van der Waals surface area (Å²) < 4.78 is 1.03. The highest BCUT2D eigenvalue weighted by molar-refractivity contribution is 9.10. The molecule has 1 aromatic carbocycles. The molecule has 1 N–H and O–H groups in total. The number of halogens is 2. The Morgan fingerprint density at radius 3 is 2.39 bits per heavy atom. The smallest absolute Gasteiger partial charge is 0.224 e. The van der Waals surface area contributed by atoms with Gasteiger partial charge in [0.05, 0.1) is 6.42 Å². The monoisotopic (exact) mass is 375 g/mol. The first-order valence-corrected chi connectivity index (χ1v) is 8.02. The Bertz CT molecular complexity index is 376. The lowest BCUT2D eigenvalue weighted by Gasteiger charge is -2.18. The molecule has 0 heterocycles. The van der Waals surface area contributed by atoms with Crippen molar-refractivity contribution >= 4 is 37.8 Å². The number of amides is 1. The molecule has 0 saturated heterocycles. The predicted molar refractivity (Wildman–Crippen MR) is 83.0 cm³/mol. The van der Waals surface area contributed by atoms with Crippen LogP contribution in [0.2, 0.25) is 0 Å². The number of hydrogen-bond donors (Lipinski definition) is 1. The van der Waals surface area contributed by atoms with E-state index < -0.39 is 0 Å². The number of hydrogen-bond acceptors (Lipinski definition) is 1. The van der Waals surface area contributed by atoms with Gasteiger partial charge in [0, 0.05) is 15.8 Å². The van der Waals surface area contributed by atoms with E-state index in [0.717, 1.165) is 21.8 Å². The average Bonchev–Trinajstić information content (AvgIpc) is 2.30. The molecule has 0 aliphatic heterocycles. The first kappa shape index (κ1) is 15.7. The minimum atomic E-state index is 0.0856. The van der Waals surface area contributed by atoms with Crippen molar-refractivity contribution in [3.8, 4) is 0 Å². The van der Waals surface area contributed by atoms with E-state index in [1.165, 1.54) is 0 Å². The van der Waals surface area contributed by atoms with E-state index >= 15 is 0 Å². The zero-order chi connectivity index (χ0) is 13.5. The fraction of sp³-hybridized carbons (Fsp3) is 0.500. The third-order valence-electron chi connectivity index (χ3n) is 2.59. The molecule has 0 saturated carbocycles. The normalized spacial score (nSPS) is 12.5. The van der Waals surface area contributed by atoms with Gasteiger partial charge in [-0.3, -0.25) is 4.79 Å². The molecule has 1 rings (SSSR count). The molecule has 100 valence electrons. The van der Waals surface area contributed by atoms with Crippen molar-refractivity contribution in [3.05, 3.63) is 34.3 Å². The number of carbonyl (C=O) groups excluding carboxylic acids is 1. The summed E-state index contributed by atoms with van der Waals surface area (Å²) >= 11 is 6.83. The molecule has 1 amide bonds. The van der Waals surface area contributed by atoms with Gasteiger partial charge in [0.25, 0.3) is 0 Å². The van der Waals surface area contributed by atoms with Crippen molar-refractivity contribution in [2.75, 3.05) is 5.33 Å². The first-order chi connectivity index (χ1) is 8.51. The van der Waals surface area contributed by atoms with E-state index in [-0.39, 0.29) is 11.9 Å². The van der Waals surface area contributed by atoms with Gasteiger partial charge in [0.1, 0.15) is 0 Å². The van der Waals surface area contributed by atoms with Crippen LogP contribution in [0.1, 0.15) is 25.8 Å². The van der Waals surface area contributed by atoms with Crippen molar-refractivity contribution in [3.63, 3.8) is 0 Å². The highest BCUT2D eigenvalue weighted by Crippen LogP contribution is 2.11. The summed E-state index contributed by atoms with van der Waals surface area (Å²) in [5.74, 6) is 0.669. The highest BCUT2D eigenvalue weighted by atomic mass is 79.9. The van der Waals surface area contributed by atoms with Crippen LogP contribution in [0.4, 0.5) is 0 Å². The van der Waals surface area contributed by atoms with Crippen LogP contribution in [0.3, 0.4) is 0 Å². The summed E-state index contributed by atoms with van der Waals surface area (Å²) in [6, 6.07) is 8.06. The van der Waals surface area contributed by atoms with Crippen LogP contribution in [0, 0.1) is 5.92 Å². The second-order valence-electron chi connectivity index (χ2n) is 4.85. The Kier molecular flexibility index (Phi) is 6.94. The molecule has 0 radical (unpaired) electrons. The largest absolute Gasteiger partial charge is 0.352 e. The molecule has 0 spiro atoms. The maximum atomic E-state index is 11.9. The number of carbonyl (C=O) groups is 1. The zero-order valence-corrected chi connectivity index (χ0v) is 13.9. The summed E-state index contributed by atoms with van der Waals surface area (Å²) in [6.45, 7) is 4.33.